The minimum absolute atomic E-state index is 0.141. The van der Waals surface area contributed by atoms with Gasteiger partial charge in [0.05, 0.1) is 25.2 Å². The van der Waals surface area contributed by atoms with Gasteiger partial charge in [-0.3, -0.25) is 28.8 Å². The van der Waals surface area contributed by atoms with E-state index < -0.39 is 73.1 Å². The summed E-state index contributed by atoms with van der Waals surface area (Å²) in [6.07, 6.45) is 1.21. The van der Waals surface area contributed by atoms with Crippen LogP contribution in [-0.4, -0.2) is 80.4 Å². The molecule has 1 aromatic rings. The van der Waals surface area contributed by atoms with Crippen LogP contribution in [0.3, 0.4) is 0 Å². The van der Waals surface area contributed by atoms with E-state index in [-0.39, 0.29) is 6.42 Å². The van der Waals surface area contributed by atoms with Crippen molar-refractivity contribution in [2.45, 2.75) is 37.4 Å². The molecule has 1 rings (SSSR count). The van der Waals surface area contributed by atoms with Crippen LogP contribution in [0, 0.1) is 0 Å². The minimum Gasteiger partial charge on any atom is -0.481 e. The maximum Gasteiger partial charge on any atom is 0.322 e. The predicted molar refractivity (Wildman–Crippen MR) is 101 cm³/mol. The highest BCUT2D eigenvalue weighted by atomic mass is 16.4. The van der Waals surface area contributed by atoms with E-state index in [0.29, 0.717) is 5.69 Å². The van der Waals surface area contributed by atoms with E-state index in [1.807, 2.05) is 5.32 Å². The van der Waals surface area contributed by atoms with Gasteiger partial charge in [0.25, 0.3) is 0 Å². The highest BCUT2D eigenvalue weighted by Gasteiger charge is 2.30. The van der Waals surface area contributed by atoms with E-state index in [4.69, 9.17) is 21.7 Å². The number of aromatic nitrogens is 2. The second-order valence-corrected chi connectivity index (χ2v) is 6.39. The van der Waals surface area contributed by atoms with Crippen molar-refractivity contribution in [1.29, 1.82) is 0 Å². The zero-order valence-electron chi connectivity index (χ0n) is 16.2. The number of imidazole rings is 1. The van der Waals surface area contributed by atoms with E-state index in [1.165, 1.54) is 12.5 Å². The van der Waals surface area contributed by atoms with Crippen molar-refractivity contribution in [1.82, 2.24) is 25.9 Å². The molecule has 10 N–H and O–H groups in total. The number of nitrogens with zero attached hydrogens (tertiary/aromatic N) is 1. The normalized spacial score (nSPS) is 13.3. The molecular formula is C16H23N7O8. The standard InChI is InChI=1S/C16H23N7O8/c17-8(2-11(18)24)14(29)22-9(1-7-4-19-6-21-7)16(31)23-10(3-12(25)26)15(30)20-5-13(27)28/h4,6,8-10H,1-3,5,17H2,(H2,18,24)(H,19,21)(H,20,30)(H,22,29)(H,23,31)(H,25,26)(H,27,28). The fourth-order valence-corrected chi connectivity index (χ4v) is 2.36. The molecule has 0 saturated heterocycles. The number of carbonyl (C=O) groups excluding carboxylic acids is 4. The van der Waals surface area contributed by atoms with Crippen molar-refractivity contribution in [3.8, 4) is 0 Å². The quantitative estimate of drug-likeness (QED) is 0.146. The summed E-state index contributed by atoms with van der Waals surface area (Å²) in [5.74, 6) is -6.53. The van der Waals surface area contributed by atoms with Crippen LogP contribution in [0.4, 0.5) is 0 Å². The van der Waals surface area contributed by atoms with Gasteiger partial charge in [0, 0.05) is 18.3 Å². The largest absolute Gasteiger partial charge is 0.481 e. The Kier molecular flexibility index (Phi) is 9.58. The monoisotopic (exact) mass is 441 g/mol. The number of aliphatic carboxylic acids is 2. The lowest BCUT2D eigenvalue weighted by Crippen LogP contribution is -2.57. The number of nitrogens with two attached hydrogens (primary N) is 2. The van der Waals surface area contributed by atoms with Gasteiger partial charge in [-0.05, 0) is 0 Å². The smallest absolute Gasteiger partial charge is 0.322 e. The summed E-state index contributed by atoms with van der Waals surface area (Å²) in [6.45, 7) is -0.791. The first-order valence-electron chi connectivity index (χ1n) is 8.82. The number of carboxylic acid groups (broad SMARTS) is 2. The van der Waals surface area contributed by atoms with Gasteiger partial charge in [-0.2, -0.15) is 0 Å². The summed E-state index contributed by atoms with van der Waals surface area (Å²) in [5.41, 5.74) is 11.0. The second kappa shape index (κ2) is 11.9. The van der Waals surface area contributed by atoms with Crippen LogP contribution in [0.15, 0.2) is 12.5 Å². The molecule has 0 aromatic carbocycles. The topological polar surface area (TPSA) is 260 Å². The van der Waals surface area contributed by atoms with Gasteiger partial charge < -0.3 is 42.6 Å². The van der Waals surface area contributed by atoms with Gasteiger partial charge >= 0.3 is 11.9 Å². The van der Waals surface area contributed by atoms with Gasteiger partial charge in [0.15, 0.2) is 0 Å². The highest BCUT2D eigenvalue weighted by molar-refractivity contribution is 5.96. The fourth-order valence-electron chi connectivity index (χ4n) is 2.36. The number of carbonyl (C=O) groups is 6. The average Bonchev–Trinajstić information content (AvgIpc) is 3.17. The van der Waals surface area contributed by atoms with Crippen LogP contribution in [-0.2, 0) is 35.2 Å². The van der Waals surface area contributed by atoms with Crippen LogP contribution in [0.5, 0.6) is 0 Å². The summed E-state index contributed by atoms with van der Waals surface area (Å²) in [6, 6.07) is -4.30. The minimum atomic E-state index is -1.62. The number of hydrogen-bond donors (Lipinski definition) is 8. The molecule has 0 aliphatic carbocycles. The molecule has 0 bridgehead atoms. The second-order valence-electron chi connectivity index (χ2n) is 6.39. The maximum absolute atomic E-state index is 12.7. The average molecular weight is 441 g/mol. The van der Waals surface area contributed by atoms with Crippen molar-refractivity contribution < 1.29 is 39.0 Å². The lowest BCUT2D eigenvalue weighted by atomic mass is 10.1. The molecule has 170 valence electrons. The summed E-state index contributed by atoms with van der Waals surface area (Å²) in [4.78, 5) is 76.1. The van der Waals surface area contributed by atoms with E-state index in [1.54, 1.807) is 0 Å². The number of nitrogens with one attached hydrogen (secondary N) is 4. The van der Waals surface area contributed by atoms with Gasteiger partial charge in [-0.15, -0.1) is 0 Å². The van der Waals surface area contributed by atoms with Gasteiger partial charge in [0.2, 0.25) is 23.6 Å². The van der Waals surface area contributed by atoms with E-state index in [2.05, 4.69) is 20.6 Å². The number of amides is 4. The first-order valence-corrected chi connectivity index (χ1v) is 8.82. The van der Waals surface area contributed by atoms with Crippen LogP contribution < -0.4 is 27.4 Å². The first kappa shape index (κ1) is 25.0. The van der Waals surface area contributed by atoms with Crippen LogP contribution >= 0.6 is 0 Å². The van der Waals surface area contributed by atoms with Crippen LogP contribution in [0.1, 0.15) is 18.5 Å². The van der Waals surface area contributed by atoms with E-state index in [9.17, 15) is 28.8 Å². The molecule has 1 aromatic heterocycles. The molecule has 3 atom stereocenters. The molecule has 0 spiro atoms. The third kappa shape index (κ3) is 9.35. The van der Waals surface area contributed by atoms with Crippen LogP contribution in [0.2, 0.25) is 0 Å². The summed E-state index contributed by atoms with van der Waals surface area (Å²) < 4.78 is 0. The molecule has 0 saturated carbocycles. The number of H-pyrrole nitrogens is 1. The van der Waals surface area contributed by atoms with Crippen molar-refractivity contribution in [3.05, 3.63) is 18.2 Å². The Labute approximate surface area is 174 Å². The zero-order chi connectivity index (χ0) is 23.6. The first-order chi connectivity index (χ1) is 14.5. The summed E-state index contributed by atoms with van der Waals surface area (Å²) in [5, 5.41) is 24.0. The molecule has 15 heteroatoms. The maximum atomic E-state index is 12.7. The molecule has 0 fully saturated rings. The Morgan fingerprint density at radius 2 is 1.61 bits per heavy atom. The van der Waals surface area contributed by atoms with Crippen LogP contribution in [0.25, 0.3) is 0 Å². The van der Waals surface area contributed by atoms with Crippen molar-refractivity contribution >= 4 is 35.6 Å². The van der Waals surface area contributed by atoms with Crippen molar-refractivity contribution in [2.75, 3.05) is 6.54 Å². The summed E-state index contributed by atoms with van der Waals surface area (Å²) in [7, 11) is 0. The summed E-state index contributed by atoms with van der Waals surface area (Å²) >= 11 is 0. The molecule has 31 heavy (non-hydrogen) atoms. The van der Waals surface area contributed by atoms with E-state index in [0.717, 1.165) is 0 Å². The third-order valence-corrected chi connectivity index (χ3v) is 3.80. The molecular weight excluding hydrogens is 418 g/mol. The molecule has 1 heterocycles. The molecule has 0 aliphatic rings. The van der Waals surface area contributed by atoms with Gasteiger partial charge in [-0.1, -0.05) is 0 Å². The van der Waals surface area contributed by atoms with Crippen molar-refractivity contribution in [3.63, 3.8) is 0 Å². The fraction of sp³-hybridized carbons (Fsp3) is 0.438. The Bertz CT molecular complexity index is 826. The molecule has 3 unspecified atom stereocenters. The van der Waals surface area contributed by atoms with Gasteiger partial charge in [0.1, 0.15) is 18.6 Å². The SMILES string of the molecule is NC(=O)CC(N)C(=O)NC(Cc1cnc[nH]1)C(=O)NC(CC(=O)O)C(=O)NCC(=O)O. The number of rotatable bonds is 13. The zero-order valence-corrected chi connectivity index (χ0v) is 16.2. The lowest BCUT2D eigenvalue weighted by molar-refractivity contribution is -0.141. The molecule has 4 amide bonds. The lowest BCUT2D eigenvalue weighted by Gasteiger charge is -2.23. The number of carboxylic acids is 2. The Hall–Kier alpha value is -4.01. The Morgan fingerprint density at radius 1 is 0.968 bits per heavy atom. The van der Waals surface area contributed by atoms with Gasteiger partial charge in [-0.25, -0.2) is 4.98 Å². The van der Waals surface area contributed by atoms with Crippen molar-refractivity contribution in [2.24, 2.45) is 11.5 Å². The number of primary amides is 1. The Morgan fingerprint density at radius 3 is 2.13 bits per heavy atom. The predicted octanol–water partition coefficient (Wildman–Crippen LogP) is -4.20. The highest BCUT2D eigenvalue weighted by Crippen LogP contribution is 2.03. The molecule has 15 nitrogen and oxygen atoms in total. The molecule has 0 aliphatic heterocycles. The third-order valence-electron chi connectivity index (χ3n) is 3.80. The molecule has 0 radical (unpaired) electrons. The Balaban J connectivity index is 2.97. The number of aromatic amines is 1. The van der Waals surface area contributed by atoms with E-state index >= 15 is 0 Å². The number of hydrogen-bond acceptors (Lipinski definition) is 8.